The van der Waals surface area contributed by atoms with Gasteiger partial charge in [-0.3, -0.25) is 14.2 Å². The number of rotatable bonds is 3. The third-order valence-electron chi connectivity index (χ3n) is 6.77. The molecule has 186 valence electrons. The largest absolute Gasteiger partial charge is 0.433 e. The monoisotopic (exact) mass is 516 g/mol. The molecule has 4 heterocycles. The molecule has 1 aliphatic carbocycles. The molecule has 0 unspecified atom stereocenters. The first kappa shape index (κ1) is 23.0. The lowest BCUT2D eigenvalue weighted by Crippen LogP contribution is -2.41. The van der Waals surface area contributed by atoms with Crippen LogP contribution in [0.2, 0.25) is 5.02 Å². The third kappa shape index (κ3) is 3.65. The molecule has 1 amide bonds. The fourth-order valence-corrected chi connectivity index (χ4v) is 5.07. The minimum Gasteiger partial charge on any atom is -0.382 e. The summed E-state index contributed by atoms with van der Waals surface area (Å²) in [6, 6.07) is 3.55. The Hall–Kier alpha value is -3.44. The highest BCUT2D eigenvalue weighted by Crippen LogP contribution is 2.43. The number of imidazole rings is 1. The van der Waals surface area contributed by atoms with E-state index in [0.717, 1.165) is 18.9 Å². The van der Waals surface area contributed by atoms with Gasteiger partial charge in [0.15, 0.2) is 0 Å². The molecule has 4 aromatic rings. The fraction of sp³-hybridized carbons (Fsp3) is 0.333. The molecule has 0 radical (unpaired) electrons. The minimum atomic E-state index is -4.58. The molecule has 1 saturated carbocycles. The first-order valence-electron chi connectivity index (χ1n) is 11.4. The van der Waals surface area contributed by atoms with Gasteiger partial charge in [-0.15, -0.1) is 0 Å². The molecule has 2 atom stereocenters. The second-order valence-corrected chi connectivity index (χ2v) is 9.51. The maximum Gasteiger partial charge on any atom is 0.433 e. The molecule has 3 aromatic heterocycles. The standard InChI is InChI=1S/C24H20ClF3N6O2/c1-11-13-5-21(24(26,27)28)31-7-15(13)20(9-36-11)34(12-2-3-12)23(35)14-4-18-17(6-16(14)25)32-22(29)19-8-30-10-33(18)19/h4-8,10-12,20H,2-3,9H2,1H3,(H2,29,32)/t11-,20-/m1/s1. The zero-order valence-electron chi connectivity index (χ0n) is 19.0. The van der Waals surface area contributed by atoms with E-state index in [2.05, 4.69) is 15.0 Å². The van der Waals surface area contributed by atoms with Gasteiger partial charge in [0.05, 0.1) is 52.9 Å². The number of nitrogens with two attached hydrogens (primary N) is 1. The summed E-state index contributed by atoms with van der Waals surface area (Å²) in [7, 11) is 0. The molecule has 1 aromatic carbocycles. The summed E-state index contributed by atoms with van der Waals surface area (Å²) in [5, 5.41) is 0.195. The van der Waals surface area contributed by atoms with Crippen molar-refractivity contribution in [2.24, 2.45) is 0 Å². The number of aromatic nitrogens is 4. The summed E-state index contributed by atoms with van der Waals surface area (Å²) in [5.41, 5.74) is 7.90. The van der Waals surface area contributed by atoms with E-state index in [0.29, 0.717) is 27.7 Å². The predicted molar refractivity (Wildman–Crippen MR) is 125 cm³/mol. The van der Waals surface area contributed by atoms with Crippen LogP contribution in [0.1, 0.15) is 59.1 Å². The number of nitrogens with zero attached hydrogens (tertiary/aromatic N) is 5. The van der Waals surface area contributed by atoms with E-state index in [-0.39, 0.29) is 35.0 Å². The number of halogens is 4. The third-order valence-corrected chi connectivity index (χ3v) is 7.08. The van der Waals surface area contributed by atoms with Crippen molar-refractivity contribution in [3.8, 4) is 0 Å². The van der Waals surface area contributed by atoms with Crippen molar-refractivity contribution in [1.29, 1.82) is 0 Å². The number of hydrogen-bond donors (Lipinski definition) is 1. The molecule has 0 spiro atoms. The van der Waals surface area contributed by atoms with Crippen molar-refractivity contribution in [3.63, 3.8) is 0 Å². The minimum absolute atomic E-state index is 0.0841. The number of pyridine rings is 1. The zero-order chi connectivity index (χ0) is 25.4. The van der Waals surface area contributed by atoms with Crippen LogP contribution in [0, 0.1) is 0 Å². The van der Waals surface area contributed by atoms with Gasteiger partial charge in [-0.25, -0.2) is 9.97 Å². The van der Waals surface area contributed by atoms with Crippen molar-refractivity contribution in [2.45, 2.75) is 44.1 Å². The van der Waals surface area contributed by atoms with Gasteiger partial charge < -0.3 is 15.4 Å². The van der Waals surface area contributed by atoms with E-state index in [4.69, 9.17) is 22.1 Å². The molecule has 2 aliphatic rings. The maximum absolute atomic E-state index is 14.0. The lowest BCUT2D eigenvalue weighted by atomic mass is 9.94. The second-order valence-electron chi connectivity index (χ2n) is 9.10. The van der Waals surface area contributed by atoms with Gasteiger partial charge >= 0.3 is 6.18 Å². The normalized spacial score (nSPS) is 20.0. The van der Waals surface area contributed by atoms with E-state index in [1.54, 1.807) is 40.9 Å². The van der Waals surface area contributed by atoms with E-state index in [1.807, 2.05) is 0 Å². The fourth-order valence-electron chi connectivity index (χ4n) is 4.83. The van der Waals surface area contributed by atoms with Gasteiger partial charge in [-0.2, -0.15) is 13.2 Å². The van der Waals surface area contributed by atoms with Gasteiger partial charge in [0.2, 0.25) is 0 Å². The summed E-state index contributed by atoms with van der Waals surface area (Å²) in [5.74, 6) is -0.0611. The average molecular weight is 517 g/mol. The molecule has 36 heavy (non-hydrogen) atoms. The van der Waals surface area contributed by atoms with Crippen LogP contribution < -0.4 is 5.73 Å². The van der Waals surface area contributed by atoms with E-state index in [1.165, 1.54) is 6.20 Å². The van der Waals surface area contributed by atoms with Crippen molar-refractivity contribution in [1.82, 2.24) is 24.3 Å². The Labute approximate surface area is 207 Å². The summed E-state index contributed by atoms with van der Waals surface area (Å²) in [6.07, 6.45) is 0.774. The van der Waals surface area contributed by atoms with Crippen molar-refractivity contribution < 1.29 is 22.7 Å². The molecule has 0 saturated heterocycles. The molecule has 8 nitrogen and oxygen atoms in total. The Kier molecular flexibility index (Phi) is 5.13. The van der Waals surface area contributed by atoms with Gasteiger partial charge in [0.1, 0.15) is 17.0 Å². The van der Waals surface area contributed by atoms with Gasteiger partial charge in [0, 0.05) is 17.8 Å². The number of anilines is 1. The van der Waals surface area contributed by atoms with Crippen LogP contribution in [0.4, 0.5) is 19.0 Å². The van der Waals surface area contributed by atoms with Crippen molar-refractivity contribution in [2.75, 3.05) is 12.3 Å². The number of carbonyl (C=O) groups excluding carboxylic acids is 1. The number of ether oxygens (including phenoxy) is 1. The highest BCUT2D eigenvalue weighted by molar-refractivity contribution is 6.34. The van der Waals surface area contributed by atoms with Gasteiger partial charge in [-0.05, 0) is 43.5 Å². The van der Waals surface area contributed by atoms with Crippen LogP contribution in [0.25, 0.3) is 16.6 Å². The number of alkyl halides is 3. The number of amides is 1. The molecule has 1 fully saturated rings. The number of carbonyl (C=O) groups is 1. The van der Waals surface area contributed by atoms with Crippen molar-refractivity contribution >= 4 is 39.9 Å². The van der Waals surface area contributed by atoms with Crippen LogP contribution in [-0.2, 0) is 10.9 Å². The Morgan fingerprint density at radius 1 is 1.19 bits per heavy atom. The summed E-state index contributed by atoms with van der Waals surface area (Å²) in [4.78, 5) is 27.8. The molecule has 1 aliphatic heterocycles. The Morgan fingerprint density at radius 2 is 1.97 bits per heavy atom. The topological polar surface area (TPSA) is 98.6 Å². The molecular formula is C24H20ClF3N6O2. The Balaban J connectivity index is 1.45. The molecule has 2 N–H and O–H groups in total. The second kappa shape index (κ2) is 8.04. The Bertz CT molecular complexity index is 1530. The first-order valence-corrected chi connectivity index (χ1v) is 11.7. The van der Waals surface area contributed by atoms with E-state index >= 15 is 0 Å². The quantitative estimate of drug-likeness (QED) is 0.413. The smallest absolute Gasteiger partial charge is 0.382 e. The summed E-state index contributed by atoms with van der Waals surface area (Å²) < 4.78 is 47.5. The van der Waals surface area contributed by atoms with E-state index in [9.17, 15) is 18.0 Å². The molecular weight excluding hydrogens is 497 g/mol. The molecule has 6 rings (SSSR count). The van der Waals surface area contributed by atoms with Crippen LogP contribution in [0.15, 0.2) is 36.9 Å². The lowest BCUT2D eigenvalue weighted by Gasteiger charge is -2.38. The average Bonchev–Trinajstić information content (AvgIpc) is 3.53. The Morgan fingerprint density at radius 3 is 2.69 bits per heavy atom. The van der Waals surface area contributed by atoms with Crippen LogP contribution in [0.5, 0.6) is 0 Å². The van der Waals surface area contributed by atoms with Crippen LogP contribution in [0.3, 0.4) is 0 Å². The molecule has 12 heteroatoms. The number of benzene rings is 1. The van der Waals surface area contributed by atoms with Crippen LogP contribution >= 0.6 is 11.6 Å². The molecule has 0 bridgehead atoms. The SMILES string of the molecule is C[C@H]1OC[C@@H](N(C(=O)c2cc3c(cc2Cl)nc(N)c2cncn23)C2CC2)c2cnc(C(F)(F)F)cc21. The van der Waals surface area contributed by atoms with Crippen LogP contribution in [-0.4, -0.2) is 42.8 Å². The number of fused-ring (bicyclic) bond motifs is 4. The predicted octanol–water partition coefficient (Wildman–Crippen LogP) is 4.97. The lowest BCUT2D eigenvalue weighted by molar-refractivity contribution is -0.141. The highest BCUT2D eigenvalue weighted by atomic mass is 35.5. The first-order chi connectivity index (χ1) is 17.1. The van der Waals surface area contributed by atoms with Gasteiger partial charge in [-0.1, -0.05) is 11.6 Å². The van der Waals surface area contributed by atoms with Gasteiger partial charge in [0.25, 0.3) is 5.91 Å². The number of hydrogen-bond acceptors (Lipinski definition) is 6. The number of nitrogen functional groups attached to an aromatic ring is 1. The highest BCUT2D eigenvalue weighted by Gasteiger charge is 2.43. The maximum atomic E-state index is 14.0. The van der Waals surface area contributed by atoms with Crippen molar-refractivity contribution in [3.05, 3.63) is 64.3 Å². The zero-order valence-corrected chi connectivity index (χ0v) is 19.7. The summed E-state index contributed by atoms with van der Waals surface area (Å²) in [6.45, 7) is 1.83. The summed E-state index contributed by atoms with van der Waals surface area (Å²) >= 11 is 6.56. The van der Waals surface area contributed by atoms with E-state index < -0.39 is 24.0 Å².